The Kier molecular flexibility index (Phi) is 11.1. The molecule has 0 aliphatic heterocycles. The van der Waals surface area contributed by atoms with Crippen LogP contribution in [0.2, 0.25) is 0 Å². The van der Waals surface area contributed by atoms with E-state index in [1.165, 1.54) is 49.7 Å². The largest absolute Gasteiger partial charge is 0.214 e. The molecule has 0 nitrogen and oxygen atoms in total. The van der Waals surface area contributed by atoms with Crippen LogP contribution in [0.3, 0.4) is 0 Å². The van der Waals surface area contributed by atoms with Crippen LogP contribution in [0.5, 0.6) is 0 Å². The fourth-order valence-electron chi connectivity index (χ4n) is 8.69. The van der Waals surface area contributed by atoms with Gasteiger partial charge in [0.25, 0.3) is 0 Å². The van der Waals surface area contributed by atoms with Gasteiger partial charge in [0, 0.05) is 0 Å². The Morgan fingerprint density at radius 1 is 0.857 bits per heavy atom. The van der Waals surface area contributed by atoms with Crippen molar-refractivity contribution in [3.63, 3.8) is 0 Å². The molecule has 0 aromatic heterocycles. The van der Waals surface area contributed by atoms with E-state index in [0.29, 0.717) is 5.92 Å². The van der Waals surface area contributed by atoms with Gasteiger partial charge >= 0.3 is 53.1 Å². The van der Waals surface area contributed by atoms with Gasteiger partial charge < -0.3 is 24.8 Å². The van der Waals surface area contributed by atoms with Gasteiger partial charge in [0.2, 0.25) is 0 Å². The second-order valence-electron chi connectivity index (χ2n) is 14.5. The standard InChI is InChI=1S/C29H37.C5H8.C5H5.2ClH.Zr/c1-18-25-22-17-19-13-9-10-14-20(19)24(22)21-15-11-12-16-23(21)29(25,8)28(6,7)27(4,5)26(18,2)3;2*1-2-4-5-3-1;;;/h9-11,13-15,23H,12,16-17H2,1-8H3;1-4H2;1-5H;2*1H;/q-1;;-1;;;+2/p-2. The Labute approximate surface area is 284 Å². The molecule has 0 bridgehead atoms. The van der Waals surface area contributed by atoms with E-state index in [4.69, 9.17) is 0 Å². The van der Waals surface area contributed by atoms with Crippen LogP contribution >= 0.6 is 0 Å². The van der Waals surface area contributed by atoms with E-state index in [9.17, 15) is 0 Å². The summed E-state index contributed by atoms with van der Waals surface area (Å²) in [6.07, 6.45) is 14.3. The van der Waals surface area contributed by atoms with E-state index >= 15 is 0 Å². The van der Waals surface area contributed by atoms with Gasteiger partial charge in [-0.3, -0.25) is 0 Å². The first kappa shape index (κ1) is 35.5. The second-order valence-corrected chi connectivity index (χ2v) is 16.3. The zero-order valence-electron chi connectivity index (χ0n) is 27.1. The Morgan fingerprint density at radius 3 is 2.02 bits per heavy atom. The first-order valence-corrected chi connectivity index (χ1v) is 16.9. The molecule has 226 valence electrons. The summed E-state index contributed by atoms with van der Waals surface area (Å²) in [4.78, 5) is 0. The number of hydrogen-bond donors (Lipinski definition) is 0. The zero-order chi connectivity index (χ0) is 28.9. The minimum absolute atomic E-state index is 0. The van der Waals surface area contributed by atoms with Crippen LogP contribution in [0, 0.1) is 33.5 Å². The first-order valence-electron chi connectivity index (χ1n) is 15.7. The average molecular weight is 681 g/mol. The first-order chi connectivity index (χ1) is 18.9. The van der Waals surface area contributed by atoms with Gasteiger partial charge in [0.15, 0.2) is 0 Å². The number of rotatable bonds is 0. The number of hydrogen-bond acceptors (Lipinski definition) is 0. The maximum absolute atomic E-state index is 2.62. The van der Waals surface area contributed by atoms with Gasteiger partial charge in [-0.15, -0.1) is 6.92 Å². The summed E-state index contributed by atoms with van der Waals surface area (Å²) in [5.41, 5.74) is 10.3. The molecule has 2 aromatic rings. The van der Waals surface area contributed by atoms with Crippen LogP contribution in [0.25, 0.3) is 5.57 Å². The topological polar surface area (TPSA) is 0 Å². The Hall–Kier alpha value is -1.01. The van der Waals surface area contributed by atoms with Crippen molar-refractivity contribution in [1.82, 2.24) is 0 Å². The summed E-state index contributed by atoms with van der Waals surface area (Å²) in [6.45, 7) is 20.3. The third-order valence-electron chi connectivity index (χ3n) is 12.6. The van der Waals surface area contributed by atoms with Crippen LogP contribution in [0.1, 0.15) is 105 Å². The van der Waals surface area contributed by atoms with Gasteiger partial charge in [0.1, 0.15) is 0 Å². The fourth-order valence-corrected chi connectivity index (χ4v) is 9.56. The van der Waals surface area contributed by atoms with Crippen molar-refractivity contribution in [1.29, 1.82) is 0 Å². The molecule has 7 rings (SSSR count). The molecule has 2 fully saturated rings. The quantitative estimate of drug-likeness (QED) is 0.356. The SMILES string of the molecule is C[C-]1C2=C3Cc4ccccc4C3=C3C=CCCC3C2(C)C(C)(C)C(C)(C)C1(C)C.[Cl-].[Cl-].[Zr+2]=[C]1CCCC1.c1cc[cH-]c1. The molecule has 0 amide bonds. The molecule has 0 spiro atoms. The van der Waals surface area contributed by atoms with Crippen molar-refractivity contribution in [2.45, 2.75) is 100 Å². The molecule has 0 saturated heterocycles. The molecule has 0 N–H and O–H groups in total. The number of halogens is 2. The van der Waals surface area contributed by atoms with E-state index in [1.807, 2.05) is 30.3 Å². The average Bonchev–Trinajstić information content (AvgIpc) is 3.71. The van der Waals surface area contributed by atoms with Crippen LogP contribution in [-0.2, 0) is 30.7 Å². The molecule has 0 heterocycles. The molecule has 2 atom stereocenters. The second kappa shape index (κ2) is 13.2. The van der Waals surface area contributed by atoms with E-state index < -0.39 is 0 Å². The zero-order valence-corrected chi connectivity index (χ0v) is 31.1. The Morgan fingerprint density at radius 2 is 1.48 bits per heavy atom. The van der Waals surface area contributed by atoms with E-state index in [0.717, 1.165) is 6.42 Å². The molecule has 2 aromatic carbocycles. The van der Waals surface area contributed by atoms with E-state index in [1.54, 1.807) is 55.7 Å². The van der Waals surface area contributed by atoms with E-state index in [-0.39, 0.29) is 46.5 Å². The normalized spacial score (nSPS) is 27.1. The minimum Gasteiger partial charge on any atom is -0.214 e. The van der Waals surface area contributed by atoms with Gasteiger partial charge in [-0.1, -0.05) is 113 Å². The number of fused-ring (bicyclic) bond motifs is 6. The fraction of sp³-hybridized carbons (Fsp3) is 0.513. The minimum atomic E-state index is 0. The molecule has 0 radical (unpaired) electrons. The smallest absolute Gasteiger partial charge is 0.172 e. The molecule has 5 aliphatic rings. The van der Waals surface area contributed by atoms with Crippen molar-refractivity contribution in [3.8, 4) is 0 Å². The van der Waals surface area contributed by atoms with Crippen molar-refractivity contribution in [3.05, 3.63) is 101 Å². The van der Waals surface area contributed by atoms with Gasteiger partial charge in [-0.05, 0) is 40.6 Å². The van der Waals surface area contributed by atoms with Crippen LogP contribution in [0.4, 0.5) is 0 Å². The third-order valence-corrected chi connectivity index (χ3v) is 13.8. The van der Waals surface area contributed by atoms with E-state index in [2.05, 4.69) is 91.8 Å². The summed E-state index contributed by atoms with van der Waals surface area (Å²) in [7, 11) is 0. The third kappa shape index (κ3) is 5.41. The predicted octanol–water partition coefficient (Wildman–Crippen LogP) is 4.66. The van der Waals surface area contributed by atoms with Crippen LogP contribution in [-0.4, -0.2) is 3.21 Å². The summed E-state index contributed by atoms with van der Waals surface area (Å²) >= 11 is 1.68. The van der Waals surface area contributed by atoms with Crippen molar-refractivity contribution in [2.75, 3.05) is 0 Å². The molecular formula is C39H50Cl2Zr-2. The molecular weight excluding hydrogens is 631 g/mol. The van der Waals surface area contributed by atoms with Gasteiger partial charge in [-0.25, -0.2) is 18.1 Å². The monoisotopic (exact) mass is 678 g/mol. The summed E-state index contributed by atoms with van der Waals surface area (Å²) < 4.78 is 1.79. The number of allylic oxidation sites excluding steroid dienone is 6. The molecule has 5 aliphatic carbocycles. The predicted molar refractivity (Wildman–Crippen MR) is 170 cm³/mol. The van der Waals surface area contributed by atoms with Crippen LogP contribution < -0.4 is 24.8 Å². The molecule has 2 saturated carbocycles. The molecule has 42 heavy (non-hydrogen) atoms. The Balaban J connectivity index is 0.000000312. The summed E-state index contributed by atoms with van der Waals surface area (Å²) in [5.74, 6) is 2.24. The Bertz CT molecular complexity index is 1330. The van der Waals surface area contributed by atoms with Crippen LogP contribution in [0.15, 0.2) is 83.5 Å². The van der Waals surface area contributed by atoms with Crippen molar-refractivity contribution >= 4 is 8.78 Å². The maximum Gasteiger partial charge on any atom is -0.172 e. The summed E-state index contributed by atoms with van der Waals surface area (Å²) in [5, 5.41) is 0. The molecule has 2 unspecified atom stereocenters. The maximum atomic E-state index is 2.62. The molecule has 3 heteroatoms. The van der Waals surface area contributed by atoms with Gasteiger partial charge in [-0.2, -0.15) is 29.3 Å². The van der Waals surface area contributed by atoms with Crippen molar-refractivity contribution < 1.29 is 49.0 Å². The number of benzene rings is 1. The van der Waals surface area contributed by atoms with Gasteiger partial charge in [0.05, 0.1) is 0 Å². The van der Waals surface area contributed by atoms with Crippen molar-refractivity contribution in [2.24, 2.45) is 27.6 Å². The summed E-state index contributed by atoms with van der Waals surface area (Å²) in [6, 6.07) is 19.2.